The van der Waals surface area contributed by atoms with Gasteiger partial charge in [-0.2, -0.15) is 0 Å². The van der Waals surface area contributed by atoms with Gasteiger partial charge in [0.15, 0.2) is 0 Å². The molecule has 3 atom stereocenters. The zero-order valence-electron chi connectivity index (χ0n) is 38.9. The zero-order valence-corrected chi connectivity index (χ0v) is 39.8. The fourth-order valence-corrected chi connectivity index (χ4v) is 8.13. The van der Waals surface area contributed by atoms with E-state index in [9.17, 15) is 29.3 Å². The molecule has 0 aliphatic rings. The first-order chi connectivity index (χ1) is 29.3. The van der Waals surface area contributed by atoms with Gasteiger partial charge in [-0.25, -0.2) is 4.57 Å². The molecule has 356 valence electrons. The topological polar surface area (TPSA) is 149 Å². The molecule has 0 heterocycles. The highest BCUT2D eigenvalue weighted by Crippen LogP contribution is 2.43. The van der Waals surface area contributed by atoms with Crippen molar-refractivity contribution in [3.05, 3.63) is 12.2 Å². The van der Waals surface area contributed by atoms with Crippen LogP contribution in [0.1, 0.15) is 251 Å². The van der Waals surface area contributed by atoms with Crippen LogP contribution in [0, 0.1) is 0 Å². The Hall–Kier alpha value is -1.29. The molecule has 3 unspecified atom stereocenters. The summed E-state index contributed by atoms with van der Waals surface area (Å²) in [5.74, 6) is -1.01. The van der Waals surface area contributed by atoms with Crippen LogP contribution in [0.3, 0.4) is 0 Å². The van der Waals surface area contributed by atoms with Gasteiger partial charge < -0.3 is 24.6 Å². The number of phosphoric ester groups is 1. The highest BCUT2D eigenvalue weighted by Gasteiger charge is 2.27. The Bertz CT molecular complexity index is 1010. The molecule has 10 nitrogen and oxygen atoms in total. The summed E-state index contributed by atoms with van der Waals surface area (Å²) in [4.78, 5) is 34.6. The maximum atomic E-state index is 12.4. The van der Waals surface area contributed by atoms with Gasteiger partial charge in [0.2, 0.25) is 0 Å². The lowest BCUT2D eigenvalue weighted by atomic mass is 10.0. The second-order valence-corrected chi connectivity index (χ2v) is 18.6. The molecule has 11 heteroatoms. The van der Waals surface area contributed by atoms with Crippen LogP contribution < -0.4 is 0 Å². The van der Waals surface area contributed by atoms with Gasteiger partial charge in [-0.1, -0.05) is 212 Å². The van der Waals surface area contributed by atoms with Crippen LogP contribution in [0.2, 0.25) is 0 Å². The first kappa shape index (κ1) is 58.7. The molecule has 0 bridgehead atoms. The molecule has 0 aliphatic heterocycles. The number of rotatable bonds is 48. The van der Waals surface area contributed by atoms with Crippen molar-refractivity contribution in [1.82, 2.24) is 0 Å². The number of hydrogen-bond acceptors (Lipinski definition) is 9. The number of aliphatic hydroxyl groups is 2. The Labute approximate surface area is 368 Å². The third-order valence-corrected chi connectivity index (χ3v) is 12.2. The molecule has 0 saturated carbocycles. The first-order valence-corrected chi connectivity index (χ1v) is 26.6. The van der Waals surface area contributed by atoms with Gasteiger partial charge in [0.05, 0.1) is 26.4 Å². The molecule has 0 aromatic carbocycles. The molecule has 0 aromatic rings. The van der Waals surface area contributed by atoms with E-state index in [4.69, 9.17) is 18.5 Å². The summed E-state index contributed by atoms with van der Waals surface area (Å²) in [7, 11) is -4.64. The van der Waals surface area contributed by atoms with Gasteiger partial charge in [0.1, 0.15) is 12.2 Å². The monoisotopic (exact) mass is 875 g/mol. The standard InChI is InChI=1S/C49H95O10P/c1-3-5-7-9-11-13-15-17-19-21-23-25-27-29-31-33-35-37-39-41-49(53)59-47(43-51)45-57-60(54,55)56-44-46(42-50)58-48(52)40-38-36-34-32-30-28-26-24-22-20-18-16-14-12-10-8-6-4-2/h20,22,46-47,50-51H,3-19,21,23-45H2,1-2H3,(H,54,55)/b22-20-. The van der Waals surface area contributed by atoms with E-state index in [1.165, 1.54) is 167 Å². The Balaban J connectivity index is 3.82. The van der Waals surface area contributed by atoms with Crippen molar-refractivity contribution in [1.29, 1.82) is 0 Å². The SMILES string of the molecule is CCCCCCCCC/C=C\CCCCCCCCCC(=O)OC(CO)COP(=O)(O)OCC(CO)OC(=O)CCCCCCCCCCCCCCCCCCCCC. The maximum Gasteiger partial charge on any atom is 0.472 e. The van der Waals surface area contributed by atoms with Crippen LogP contribution in [0.4, 0.5) is 0 Å². The summed E-state index contributed by atoms with van der Waals surface area (Å²) in [6, 6.07) is 0. The van der Waals surface area contributed by atoms with Crippen molar-refractivity contribution >= 4 is 19.8 Å². The first-order valence-electron chi connectivity index (χ1n) is 25.1. The number of carbonyl (C=O) groups excluding carboxylic acids is 2. The van der Waals surface area contributed by atoms with E-state index in [0.717, 1.165) is 44.9 Å². The minimum atomic E-state index is -4.64. The highest BCUT2D eigenvalue weighted by atomic mass is 31.2. The van der Waals surface area contributed by atoms with Crippen LogP contribution >= 0.6 is 7.82 Å². The average molecular weight is 875 g/mol. The lowest BCUT2D eigenvalue weighted by molar-refractivity contribution is -0.153. The molecular weight excluding hydrogens is 780 g/mol. The molecule has 0 aromatic heterocycles. The van der Waals surface area contributed by atoms with Gasteiger partial charge in [0.25, 0.3) is 0 Å². The Morgan fingerprint density at radius 1 is 0.433 bits per heavy atom. The third-order valence-electron chi connectivity index (χ3n) is 11.2. The number of carbonyl (C=O) groups is 2. The average Bonchev–Trinajstić information content (AvgIpc) is 3.24. The van der Waals surface area contributed by atoms with Gasteiger partial charge in [0, 0.05) is 12.8 Å². The summed E-state index contributed by atoms with van der Waals surface area (Å²) in [5, 5.41) is 19.2. The van der Waals surface area contributed by atoms with Gasteiger partial charge in [-0.3, -0.25) is 18.6 Å². The van der Waals surface area contributed by atoms with Crippen molar-refractivity contribution in [2.75, 3.05) is 26.4 Å². The molecule has 0 amide bonds. The van der Waals surface area contributed by atoms with Crippen molar-refractivity contribution < 1.29 is 47.8 Å². The van der Waals surface area contributed by atoms with E-state index in [-0.39, 0.29) is 12.8 Å². The van der Waals surface area contributed by atoms with Crippen LogP contribution in [0.15, 0.2) is 12.2 Å². The summed E-state index contributed by atoms with van der Waals surface area (Å²) in [6.07, 6.45) is 46.1. The van der Waals surface area contributed by atoms with E-state index in [0.29, 0.717) is 12.8 Å². The van der Waals surface area contributed by atoms with Crippen molar-refractivity contribution in [2.45, 2.75) is 264 Å². The fraction of sp³-hybridized carbons (Fsp3) is 0.918. The molecule has 0 saturated heterocycles. The quantitative estimate of drug-likeness (QED) is 0.0233. The van der Waals surface area contributed by atoms with E-state index in [2.05, 4.69) is 26.0 Å². The van der Waals surface area contributed by atoms with Crippen molar-refractivity contribution in [3.8, 4) is 0 Å². The molecule has 0 spiro atoms. The number of ether oxygens (including phenoxy) is 2. The largest absolute Gasteiger partial charge is 0.472 e. The van der Waals surface area contributed by atoms with E-state index >= 15 is 0 Å². The normalized spacial score (nSPS) is 13.8. The second-order valence-electron chi connectivity index (χ2n) is 17.2. The van der Waals surface area contributed by atoms with Gasteiger partial charge in [-0.05, 0) is 38.5 Å². The predicted molar refractivity (Wildman–Crippen MR) is 247 cm³/mol. The number of esters is 2. The molecular formula is C49H95O10P. The Kier molecular flexibility index (Phi) is 44.7. The second kappa shape index (κ2) is 45.7. The predicted octanol–water partition coefficient (Wildman–Crippen LogP) is 14.0. The lowest BCUT2D eigenvalue weighted by Gasteiger charge is -2.20. The van der Waals surface area contributed by atoms with E-state index in [1.807, 2.05) is 0 Å². The number of hydrogen-bond donors (Lipinski definition) is 3. The van der Waals surface area contributed by atoms with Crippen molar-refractivity contribution in [3.63, 3.8) is 0 Å². The lowest BCUT2D eigenvalue weighted by Crippen LogP contribution is -2.28. The van der Waals surface area contributed by atoms with E-state index in [1.54, 1.807) is 0 Å². The molecule has 0 fully saturated rings. The zero-order chi connectivity index (χ0) is 44.0. The summed E-state index contributed by atoms with van der Waals surface area (Å²) >= 11 is 0. The molecule has 3 N–H and O–H groups in total. The third kappa shape index (κ3) is 43.4. The smallest absolute Gasteiger partial charge is 0.457 e. The Morgan fingerprint density at radius 3 is 0.950 bits per heavy atom. The summed E-state index contributed by atoms with van der Waals surface area (Å²) in [5.41, 5.74) is 0. The number of aliphatic hydroxyl groups excluding tert-OH is 2. The van der Waals surface area contributed by atoms with E-state index < -0.39 is 58.4 Å². The van der Waals surface area contributed by atoms with Crippen LogP contribution in [0.25, 0.3) is 0 Å². The highest BCUT2D eigenvalue weighted by molar-refractivity contribution is 7.47. The number of phosphoric acid groups is 1. The number of unbranched alkanes of at least 4 members (excludes halogenated alkanes) is 32. The molecule has 0 radical (unpaired) electrons. The number of allylic oxidation sites excluding steroid dienone is 2. The molecule has 0 aliphatic carbocycles. The van der Waals surface area contributed by atoms with Crippen LogP contribution in [0.5, 0.6) is 0 Å². The Morgan fingerprint density at radius 2 is 0.683 bits per heavy atom. The van der Waals surface area contributed by atoms with Gasteiger partial charge >= 0.3 is 19.8 Å². The molecule has 60 heavy (non-hydrogen) atoms. The molecule has 0 rings (SSSR count). The van der Waals surface area contributed by atoms with Crippen molar-refractivity contribution in [2.24, 2.45) is 0 Å². The fourth-order valence-electron chi connectivity index (χ4n) is 7.35. The maximum absolute atomic E-state index is 12.4. The minimum absolute atomic E-state index is 0.191. The minimum Gasteiger partial charge on any atom is -0.457 e. The summed E-state index contributed by atoms with van der Waals surface area (Å²) in [6.45, 7) is 2.26. The van der Waals surface area contributed by atoms with Crippen LogP contribution in [-0.4, -0.2) is 65.7 Å². The summed E-state index contributed by atoms with van der Waals surface area (Å²) < 4.78 is 32.7. The van der Waals surface area contributed by atoms with Gasteiger partial charge in [-0.15, -0.1) is 0 Å². The van der Waals surface area contributed by atoms with Crippen LogP contribution in [-0.2, 0) is 32.7 Å².